The average Bonchev–Trinajstić information content (AvgIpc) is 3.34. The van der Waals surface area contributed by atoms with Crippen LogP contribution in [0.3, 0.4) is 0 Å². The molecule has 26 heavy (non-hydrogen) atoms. The van der Waals surface area contributed by atoms with Crippen molar-refractivity contribution >= 4 is 39.0 Å². The molecule has 0 fully saturated rings. The van der Waals surface area contributed by atoms with Gasteiger partial charge in [0, 0.05) is 22.5 Å². The fourth-order valence-corrected chi connectivity index (χ4v) is 4.57. The van der Waals surface area contributed by atoms with Gasteiger partial charge in [-0.3, -0.25) is 0 Å². The number of aromatic nitrogens is 5. The first-order chi connectivity index (χ1) is 12.6. The maximum atomic E-state index is 5.35. The van der Waals surface area contributed by atoms with Gasteiger partial charge in [-0.05, 0) is 34.5 Å². The number of hydrogen-bond acceptors (Lipinski definition) is 7. The second-order valence-corrected chi connectivity index (χ2v) is 8.38. The van der Waals surface area contributed by atoms with Crippen molar-refractivity contribution in [2.24, 2.45) is 7.05 Å². The Morgan fingerprint density at radius 2 is 2.12 bits per heavy atom. The molecule has 0 amide bonds. The van der Waals surface area contributed by atoms with Crippen molar-refractivity contribution in [2.45, 2.75) is 17.8 Å². The molecule has 0 aliphatic carbocycles. The highest BCUT2D eigenvalue weighted by molar-refractivity contribution is 9.10. The van der Waals surface area contributed by atoms with Crippen molar-refractivity contribution in [1.82, 2.24) is 24.9 Å². The van der Waals surface area contributed by atoms with Crippen molar-refractivity contribution in [1.29, 1.82) is 0 Å². The Kier molecular flexibility index (Phi) is 4.92. The summed E-state index contributed by atoms with van der Waals surface area (Å²) in [5.74, 6) is 2.56. The van der Waals surface area contributed by atoms with Gasteiger partial charge in [-0.25, -0.2) is 0 Å². The summed E-state index contributed by atoms with van der Waals surface area (Å²) in [6.45, 7) is 2.07. The Morgan fingerprint density at radius 3 is 2.88 bits per heavy atom. The lowest BCUT2D eigenvalue weighted by Crippen LogP contribution is -1.96. The van der Waals surface area contributed by atoms with Gasteiger partial charge in [-0.2, -0.15) is 4.98 Å². The Labute approximate surface area is 166 Å². The van der Waals surface area contributed by atoms with Gasteiger partial charge in [0.05, 0.1) is 10.6 Å². The highest BCUT2D eigenvalue weighted by Gasteiger charge is 2.15. The van der Waals surface area contributed by atoms with E-state index in [2.05, 4.69) is 55.3 Å². The number of benzene rings is 1. The molecule has 0 radical (unpaired) electrons. The van der Waals surface area contributed by atoms with Crippen LogP contribution >= 0.6 is 39.0 Å². The zero-order valence-electron chi connectivity index (χ0n) is 14.0. The van der Waals surface area contributed by atoms with Gasteiger partial charge in [0.2, 0.25) is 11.7 Å². The fourth-order valence-electron chi connectivity index (χ4n) is 2.47. The Hall–Kier alpha value is -1.97. The predicted octanol–water partition coefficient (Wildman–Crippen LogP) is 4.96. The van der Waals surface area contributed by atoms with Crippen LogP contribution in [0.1, 0.15) is 11.5 Å². The maximum absolute atomic E-state index is 5.35. The molecule has 0 N–H and O–H groups in total. The van der Waals surface area contributed by atoms with Crippen molar-refractivity contribution in [3.05, 3.63) is 51.6 Å². The second kappa shape index (κ2) is 7.34. The summed E-state index contributed by atoms with van der Waals surface area (Å²) in [6, 6.07) is 10.1. The topological polar surface area (TPSA) is 69.6 Å². The SMILES string of the molecule is Cc1ccccc1-c1nnc(SCc2nc(-c3cc(Br)cs3)no2)n1C. The molecule has 3 aromatic heterocycles. The zero-order chi connectivity index (χ0) is 18.1. The largest absolute Gasteiger partial charge is 0.338 e. The fraction of sp³-hybridized carbons (Fsp3) is 0.176. The number of thioether (sulfide) groups is 1. The monoisotopic (exact) mass is 447 g/mol. The molecule has 6 nitrogen and oxygen atoms in total. The summed E-state index contributed by atoms with van der Waals surface area (Å²) < 4.78 is 8.35. The standard InChI is InChI=1S/C17H14BrN5OS2/c1-10-5-3-4-6-12(10)16-20-21-17(23(16)2)26-9-14-19-15(22-24-14)13-7-11(18)8-25-13/h3-8H,9H2,1-2H3. The molecule has 0 atom stereocenters. The van der Waals surface area contributed by atoms with Crippen LogP contribution in [0, 0.1) is 6.92 Å². The third-order valence-electron chi connectivity index (χ3n) is 3.80. The van der Waals surface area contributed by atoms with Crippen molar-refractivity contribution in [3.63, 3.8) is 0 Å². The first-order valence-electron chi connectivity index (χ1n) is 7.77. The molecule has 0 spiro atoms. The average molecular weight is 448 g/mol. The summed E-state index contributed by atoms with van der Waals surface area (Å²) in [4.78, 5) is 5.42. The number of hydrogen-bond donors (Lipinski definition) is 0. The van der Waals surface area contributed by atoms with Crippen LogP contribution in [0.2, 0.25) is 0 Å². The summed E-state index contributed by atoms with van der Waals surface area (Å²) in [6.07, 6.45) is 0. The van der Waals surface area contributed by atoms with Crippen LogP contribution in [-0.2, 0) is 12.8 Å². The highest BCUT2D eigenvalue weighted by Crippen LogP contribution is 2.30. The third-order valence-corrected chi connectivity index (χ3v) is 6.49. The number of nitrogens with zero attached hydrogens (tertiary/aromatic N) is 5. The van der Waals surface area contributed by atoms with E-state index in [1.165, 1.54) is 17.3 Å². The van der Waals surface area contributed by atoms with Gasteiger partial charge in [-0.15, -0.1) is 21.5 Å². The van der Waals surface area contributed by atoms with Gasteiger partial charge in [0.15, 0.2) is 11.0 Å². The third kappa shape index (κ3) is 3.46. The molecule has 4 rings (SSSR count). The summed E-state index contributed by atoms with van der Waals surface area (Å²) in [7, 11) is 1.96. The normalized spacial score (nSPS) is 11.2. The molecule has 1 aromatic carbocycles. The highest BCUT2D eigenvalue weighted by atomic mass is 79.9. The molecule has 0 aliphatic rings. The van der Waals surface area contributed by atoms with E-state index in [9.17, 15) is 0 Å². The molecule has 0 unspecified atom stereocenters. The number of rotatable bonds is 5. The zero-order valence-corrected chi connectivity index (χ0v) is 17.2. The second-order valence-electron chi connectivity index (χ2n) is 5.61. The van der Waals surface area contributed by atoms with E-state index in [0.717, 1.165) is 25.9 Å². The van der Waals surface area contributed by atoms with Gasteiger partial charge in [0.1, 0.15) is 0 Å². The van der Waals surface area contributed by atoms with Gasteiger partial charge >= 0.3 is 0 Å². The van der Waals surface area contributed by atoms with E-state index in [0.29, 0.717) is 17.5 Å². The molecule has 9 heteroatoms. The van der Waals surface area contributed by atoms with E-state index in [1.54, 1.807) is 11.3 Å². The molecule has 132 valence electrons. The lowest BCUT2D eigenvalue weighted by Gasteiger charge is -2.05. The van der Waals surface area contributed by atoms with Crippen LogP contribution in [0.15, 0.2) is 49.9 Å². The number of aryl methyl sites for hydroxylation is 1. The van der Waals surface area contributed by atoms with Crippen LogP contribution in [0.4, 0.5) is 0 Å². The summed E-state index contributed by atoms with van der Waals surface area (Å²) >= 11 is 6.53. The maximum Gasteiger partial charge on any atom is 0.237 e. The lowest BCUT2D eigenvalue weighted by molar-refractivity contribution is 0.391. The number of halogens is 1. The van der Waals surface area contributed by atoms with Crippen LogP contribution in [0.5, 0.6) is 0 Å². The molecule has 0 bridgehead atoms. The molecule has 0 aliphatic heterocycles. The Morgan fingerprint density at radius 1 is 1.27 bits per heavy atom. The van der Waals surface area contributed by atoms with Crippen molar-refractivity contribution in [3.8, 4) is 22.1 Å². The van der Waals surface area contributed by atoms with Crippen molar-refractivity contribution in [2.75, 3.05) is 0 Å². The predicted molar refractivity (Wildman–Crippen MR) is 106 cm³/mol. The smallest absolute Gasteiger partial charge is 0.237 e. The van der Waals surface area contributed by atoms with E-state index < -0.39 is 0 Å². The van der Waals surface area contributed by atoms with E-state index in [1.807, 2.05) is 35.2 Å². The van der Waals surface area contributed by atoms with Crippen LogP contribution in [-0.4, -0.2) is 24.9 Å². The van der Waals surface area contributed by atoms with E-state index in [-0.39, 0.29) is 0 Å². The number of thiophene rings is 1. The quantitative estimate of drug-likeness (QED) is 0.402. The van der Waals surface area contributed by atoms with Crippen molar-refractivity contribution < 1.29 is 4.52 Å². The van der Waals surface area contributed by atoms with Gasteiger partial charge in [0.25, 0.3) is 0 Å². The van der Waals surface area contributed by atoms with Gasteiger partial charge < -0.3 is 9.09 Å². The molecular formula is C17H14BrN5OS2. The molecule has 0 saturated heterocycles. The minimum atomic E-state index is 0.541. The van der Waals surface area contributed by atoms with Gasteiger partial charge in [-0.1, -0.05) is 41.2 Å². The minimum absolute atomic E-state index is 0.541. The molecule has 0 saturated carbocycles. The molecular weight excluding hydrogens is 434 g/mol. The minimum Gasteiger partial charge on any atom is -0.338 e. The Balaban J connectivity index is 1.49. The lowest BCUT2D eigenvalue weighted by atomic mass is 10.1. The van der Waals surface area contributed by atoms with E-state index in [4.69, 9.17) is 4.52 Å². The van der Waals surface area contributed by atoms with Crippen LogP contribution in [0.25, 0.3) is 22.1 Å². The van der Waals surface area contributed by atoms with Crippen LogP contribution < -0.4 is 0 Å². The van der Waals surface area contributed by atoms with E-state index >= 15 is 0 Å². The molecule has 3 heterocycles. The summed E-state index contributed by atoms with van der Waals surface area (Å²) in [5, 5.41) is 15.5. The first kappa shape index (κ1) is 17.4. The molecule has 4 aromatic rings. The first-order valence-corrected chi connectivity index (χ1v) is 10.4. The summed E-state index contributed by atoms with van der Waals surface area (Å²) in [5.41, 5.74) is 2.25. The Bertz CT molecular complexity index is 1060.